The Bertz CT molecular complexity index is 868. The summed E-state index contributed by atoms with van der Waals surface area (Å²) in [6.45, 7) is 2.20. The molecule has 28 heavy (non-hydrogen) atoms. The topological polar surface area (TPSA) is 58.4 Å². The van der Waals surface area contributed by atoms with E-state index in [-0.39, 0.29) is 5.91 Å². The number of aromatic nitrogens is 1. The molecule has 0 bridgehead atoms. The van der Waals surface area contributed by atoms with Gasteiger partial charge in [-0.25, -0.2) is 4.98 Å². The minimum Gasteiger partial charge on any atom is -0.467 e. The molecule has 1 aromatic carbocycles. The SMILES string of the molecule is O=C(c1ccc(NCc2ccco2)nc1)N1CCC(Cc2ccccc2)CC1. The van der Waals surface area contributed by atoms with Gasteiger partial charge in [0.25, 0.3) is 5.91 Å². The number of hydrogen-bond donors (Lipinski definition) is 1. The Hall–Kier alpha value is -3.08. The number of pyridine rings is 1. The van der Waals surface area contributed by atoms with Gasteiger partial charge >= 0.3 is 0 Å². The van der Waals surface area contributed by atoms with Crippen LogP contribution in [0.1, 0.15) is 34.5 Å². The smallest absolute Gasteiger partial charge is 0.255 e. The fourth-order valence-electron chi connectivity index (χ4n) is 3.69. The summed E-state index contributed by atoms with van der Waals surface area (Å²) in [5.41, 5.74) is 2.03. The summed E-state index contributed by atoms with van der Waals surface area (Å²) in [6.07, 6.45) is 6.51. The molecule has 144 valence electrons. The molecule has 2 aromatic heterocycles. The summed E-state index contributed by atoms with van der Waals surface area (Å²) in [4.78, 5) is 19.1. The molecular formula is C23H25N3O2. The number of nitrogens with zero attached hydrogens (tertiary/aromatic N) is 2. The van der Waals surface area contributed by atoms with Crippen LogP contribution in [0.5, 0.6) is 0 Å². The van der Waals surface area contributed by atoms with Gasteiger partial charge in [-0.05, 0) is 55.0 Å². The predicted molar refractivity (Wildman–Crippen MR) is 109 cm³/mol. The lowest BCUT2D eigenvalue weighted by atomic mass is 9.90. The number of likely N-dealkylation sites (tertiary alicyclic amines) is 1. The maximum Gasteiger partial charge on any atom is 0.255 e. The second-order valence-electron chi connectivity index (χ2n) is 7.29. The molecule has 1 aliphatic heterocycles. The van der Waals surface area contributed by atoms with Crippen LogP contribution in [0.3, 0.4) is 0 Å². The summed E-state index contributed by atoms with van der Waals surface area (Å²) >= 11 is 0. The van der Waals surface area contributed by atoms with Gasteiger partial charge in [0.05, 0.1) is 18.4 Å². The molecule has 0 saturated carbocycles. The molecule has 1 aliphatic rings. The van der Waals surface area contributed by atoms with Crippen molar-refractivity contribution in [1.82, 2.24) is 9.88 Å². The number of furan rings is 1. The molecule has 0 radical (unpaired) electrons. The molecule has 0 atom stereocenters. The zero-order valence-corrected chi connectivity index (χ0v) is 15.9. The van der Waals surface area contributed by atoms with Gasteiger partial charge in [-0.1, -0.05) is 30.3 Å². The normalized spacial score (nSPS) is 14.8. The van der Waals surface area contributed by atoms with Gasteiger partial charge in [0.2, 0.25) is 0 Å². The van der Waals surface area contributed by atoms with Crippen molar-refractivity contribution in [2.24, 2.45) is 5.92 Å². The zero-order chi connectivity index (χ0) is 19.2. The standard InChI is InChI=1S/C23H25N3O2/c27-23(20-8-9-22(24-16-20)25-17-21-7-4-14-28-21)26-12-10-19(11-13-26)15-18-5-2-1-3-6-18/h1-9,14,16,19H,10-13,15,17H2,(H,24,25). The first-order valence-corrected chi connectivity index (χ1v) is 9.83. The van der Waals surface area contributed by atoms with Crippen LogP contribution >= 0.6 is 0 Å². The Morgan fingerprint density at radius 2 is 1.89 bits per heavy atom. The maximum atomic E-state index is 12.8. The molecule has 1 N–H and O–H groups in total. The lowest BCUT2D eigenvalue weighted by Gasteiger charge is -2.32. The largest absolute Gasteiger partial charge is 0.467 e. The van der Waals surface area contributed by atoms with Gasteiger partial charge in [0.15, 0.2) is 0 Å². The number of amides is 1. The minimum absolute atomic E-state index is 0.0724. The maximum absolute atomic E-state index is 12.8. The molecule has 5 heteroatoms. The van der Waals surface area contributed by atoms with Gasteiger partial charge in [0.1, 0.15) is 11.6 Å². The van der Waals surface area contributed by atoms with E-state index in [1.165, 1.54) is 5.56 Å². The third kappa shape index (κ3) is 4.60. The Balaban J connectivity index is 1.27. The van der Waals surface area contributed by atoms with Crippen molar-refractivity contribution >= 4 is 11.7 Å². The Morgan fingerprint density at radius 3 is 2.57 bits per heavy atom. The average Bonchev–Trinajstić information content (AvgIpc) is 3.27. The van der Waals surface area contributed by atoms with Crippen molar-refractivity contribution in [3.63, 3.8) is 0 Å². The number of benzene rings is 1. The highest BCUT2D eigenvalue weighted by Crippen LogP contribution is 2.23. The Morgan fingerprint density at radius 1 is 1.07 bits per heavy atom. The first-order chi connectivity index (χ1) is 13.8. The molecule has 3 aromatic rings. The fraction of sp³-hybridized carbons (Fsp3) is 0.304. The van der Waals surface area contributed by atoms with Crippen LogP contribution in [-0.2, 0) is 13.0 Å². The number of hydrogen-bond acceptors (Lipinski definition) is 4. The van der Waals surface area contributed by atoms with E-state index >= 15 is 0 Å². The quantitative estimate of drug-likeness (QED) is 0.695. The number of carbonyl (C=O) groups excluding carboxylic acids is 1. The van der Waals surface area contributed by atoms with E-state index < -0.39 is 0 Å². The van der Waals surface area contributed by atoms with Crippen LogP contribution in [-0.4, -0.2) is 28.9 Å². The van der Waals surface area contributed by atoms with Crippen LogP contribution in [0.15, 0.2) is 71.5 Å². The number of piperidine rings is 1. The second-order valence-corrected chi connectivity index (χ2v) is 7.29. The highest BCUT2D eigenvalue weighted by Gasteiger charge is 2.24. The fourth-order valence-corrected chi connectivity index (χ4v) is 3.69. The molecule has 0 spiro atoms. The van der Waals surface area contributed by atoms with Crippen LogP contribution in [0, 0.1) is 5.92 Å². The molecule has 5 nitrogen and oxygen atoms in total. The Kier molecular flexibility index (Phi) is 5.71. The van der Waals surface area contributed by atoms with Gasteiger partial charge in [-0.2, -0.15) is 0 Å². The Labute approximate surface area is 165 Å². The third-order valence-electron chi connectivity index (χ3n) is 5.30. The van der Waals surface area contributed by atoms with Crippen molar-refractivity contribution in [1.29, 1.82) is 0 Å². The monoisotopic (exact) mass is 375 g/mol. The van der Waals surface area contributed by atoms with Crippen LogP contribution in [0.25, 0.3) is 0 Å². The van der Waals surface area contributed by atoms with E-state index in [4.69, 9.17) is 4.42 Å². The second kappa shape index (κ2) is 8.74. The number of rotatable bonds is 6. The van der Waals surface area contributed by atoms with Crippen molar-refractivity contribution in [3.8, 4) is 0 Å². The van der Waals surface area contributed by atoms with Crippen molar-refractivity contribution in [2.45, 2.75) is 25.8 Å². The molecular weight excluding hydrogens is 350 g/mol. The third-order valence-corrected chi connectivity index (χ3v) is 5.30. The number of nitrogens with one attached hydrogen (secondary N) is 1. The molecule has 0 unspecified atom stereocenters. The lowest BCUT2D eigenvalue weighted by Crippen LogP contribution is -2.39. The minimum atomic E-state index is 0.0724. The van der Waals surface area contributed by atoms with E-state index in [1.807, 2.05) is 29.2 Å². The molecule has 1 fully saturated rings. The summed E-state index contributed by atoms with van der Waals surface area (Å²) in [5.74, 6) is 2.30. The molecule has 0 aliphatic carbocycles. The van der Waals surface area contributed by atoms with Gasteiger partial charge in [-0.15, -0.1) is 0 Å². The lowest BCUT2D eigenvalue weighted by molar-refractivity contribution is 0.0690. The van der Waals surface area contributed by atoms with E-state index in [2.05, 4.69) is 40.6 Å². The first-order valence-electron chi connectivity index (χ1n) is 9.83. The number of anilines is 1. The van der Waals surface area contributed by atoms with E-state index in [9.17, 15) is 4.79 Å². The van der Waals surface area contributed by atoms with Crippen molar-refractivity contribution in [3.05, 3.63) is 83.9 Å². The van der Waals surface area contributed by atoms with Gasteiger partial charge < -0.3 is 14.6 Å². The van der Waals surface area contributed by atoms with Crippen LogP contribution in [0.4, 0.5) is 5.82 Å². The van der Waals surface area contributed by atoms with E-state index in [1.54, 1.807) is 12.5 Å². The van der Waals surface area contributed by atoms with Crippen molar-refractivity contribution in [2.75, 3.05) is 18.4 Å². The molecule has 1 amide bonds. The van der Waals surface area contributed by atoms with Gasteiger partial charge in [-0.3, -0.25) is 4.79 Å². The summed E-state index contributed by atoms with van der Waals surface area (Å²) < 4.78 is 5.29. The summed E-state index contributed by atoms with van der Waals surface area (Å²) in [5, 5.41) is 3.19. The van der Waals surface area contributed by atoms with E-state index in [0.29, 0.717) is 18.0 Å². The van der Waals surface area contributed by atoms with Gasteiger partial charge in [0, 0.05) is 19.3 Å². The first kappa shape index (κ1) is 18.3. The van der Waals surface area contributed by atoms with Crippen LogP contribution < -0.4 is 5.32 Å². The van der Waals surface area contributed by atoms with Crippen LogP contribution in [0.2, 0.25) is 0 Å². The highest BCUT2D eigenvalue weighted by molar-refractivity contribution is 5.94. The molecule has 1 saturated heterocycles. The molecule has 3 heterocycles. The zero-order valence-electron chi connectivity index (χ0n) is 15.9. The van der Waals surface area contributed by atoms with Crippen molar-refractivity contribution < 1.29 is 9.21 Å². The van der Waals surface area contributed by atoms with E-state index in [0.717, 1.165) is 43.9 Å². The highest BCUT2D eigenvalue weighted by atomic mass is 16.3. The average molecular weight is 375 g/mol. The molecule has 4 rings (SSSR count). The summed E-state index contributed by atoms with van der Waals surface area (Å²) in [6, 6.07) is 18.1. The predicted octanol–water partition coefficient (Wildman–Crippen LogP) is 4.38. The summed E-state index contributed by atoms with van der Waals surface area (Å²) in [7, 11) is 0. The number of carbonyl (C=O) groups is 1.